The lowest BCUT2D eigenvalue weighted by molar-refractivity contribution is 0.102. The first-order valence-electron chi connectivity index (χ1n) is 7.78. The highest BCUT2D eigenvalue weighted by Crippen LogP contribution is 2.24. The second kappa shape index (κ2) is 6.75. The molecule has 6 nitrogen and oxygen atoms in total. The molecule has 2 N–H and O–H groups in total. The van der Waals surface area contributed by atoms with Gasteiger partial charge in [0.05, 0.1) is 17.0 Å². The number of nitrogens with one attached hydrogen (secondary N) is 2. The van der Waals surface area contributed by atoms with Gasteiger partial charge in [-0.2, -0.15) is 10.2 Å². The second-order valence-corrected chi connectivity index (χ2v) is 5.50. The monoisotopic (exact) mass is 312 g/mol. The van der Waals surface area contributed by atoms with Crippen LogP contribution in [-0.4, -0.2) is 29.3 Å². The molecule has 2 heterocycles. The summed E-state index contributed by atoms with van der Waals surface area (Å²) in [7, 11) is 0. The SMILES string of the molecule is CCc1nnc(C)cc1C(=O)Nc1ccc2c(c1)CNCCO2. The van der Waals surface area contributed by atoms with E-state index in [0.717, 1.165) is 35.8 Å². The van der Waals surface area contributed by atoms with Crippen LogP contribution in [0, 0.1) is 6.92 Å². The summed E-state index contributed by atoms with van der Waals surface area (Å²) in [5.41, 5.74) is 3.79. The van der Waals surface area contributed by atoms with Gasteiger partial charge < -0.3 is 15.4 Å². The minimum Gasteiger partial charge on any atom is -0.492 e. The van der Waals surface area contributed by atoms with Gasteiger partial charge in [0.15, 0.2) is 0 Å². The largest absolute Gasteiger partial charge is 0.492 e. The molecule has 0 saturated carbocycles. The third-order valence-electron chi connectivity index (χ3n) is 3.74. The van der Waals surface area contributed by atoms with E-state index < -0.39 is 0 Å². The van der Waals surface area contributed by atoms with Gasteiger partial charge >= 0.3 is 0 Å². The summed E-state index contributed by atoms with van der Waals surface area (Å²) in [6, 6.07) is 7.47. The van der Waals surface area contributed by atoms with Gasteiger partial charge in [0.25, 0.3) is 5.91 Å². The van der Waals surface area contributed by atoms with Crippen LogP contribution in [0.3, 0.4) is 0 Å². The number of nitrogens with zero attached hydrogens (tertiary/aromatic N) is 2. The Morgan fingerprint density at radius 1 is 1.35 bits per heavy atom. The molecule has 120 valence electrons. The topological polar surface area (TPSA) is 76.1 Å². The Labute approximate surface area is 135 Å². The van der Waals surface area contributed by atoms with Crippen molar-refractivity contribution in [2.45, 2.75) is 26.8 Å². The summed E-state index contributed by atoms with van der Waals surface area (Å²) < 4.78 is 5.65. The Hall–Kier alpha value is -2.47. The third-order valence-corrected chi connectivity index (χ3v) is 3.74. The van der Waals surface area contributed by atoms with Crippen molar-refractivity contribution in [3.63, 3.8) is 0 Å². The number of hydrogen-bond acceptors (Lipinski definition) is 5. The predicted molar refractivity (Wildman–Crippen MR) is 87.7 cm³/mol. The summed E-state index contributed by atoms with van der Waals surface area (Å²) in [6.45, 7) is 5.99. The maximum Gasteiger partial charge on any atom is 0.257 e. The first-order chi connectivity index (χ1) is 11.2. The van der Waals surface area contributed by atoms with Crippen molar-refractivity contribution in [2.75, 3.05) is 18.5 Å². The Balaban J connectivity index is 1.83. The molecular formula is C17H20N4O2. The van der Waals surface area contributed by atoms with E-state index in [1.54, 1.807) is 6.07 Å². The van der Waals surface area contributed by atoms with Crippen molar-refractivity contribution < 1.29 is 9.53 Å². The fourth-order valence-corrected chi connectivity index (χ4v) is 2.56. The molecule has 0 unspecified atom stereocenters. The predicted octanol–water partition coefficient (Wildman–Crippen LogP) is 2.08. The fourth-order valence-electron chi connectivity index (χ4n) is 2.56. The van der Waals surface area contributed by atoms with Gasteiger partial charge in [0.1, 0.15) is 12.4 Å². The molecule has 1 aromatic heterocycles. The quantitative estimate of drug-likeness (QED) is 0.907. The van der Waals surface area contributed by atoms with Gasteiger partial charge in [-0.15, -0.1) is 0 Å². The zero-order valence-corrected chi connectivity index (χ0v) is 13.3. The molecule has 23 heavy (non-hydrogen) atoms. The van der Waals surface area contributed by atoms with E-state index in [0.29, 0.717) is 24.3 Å². The van der Waals surface area contributed by atoms with E-state index in [2.05, 4.69) is 20.8 Å². The van der Waals surface area contributed by atoms with Crippen molar-refractivity contribution in [2.24, 2.45) is 0 Å². The number of ether oxygens (including phenoxy) is 1. The Morgan fingerprint density at radius 3 is 3.04 bits per heavy atom. The van der Waals surface area contributed by atoms with Gasteiger partial charge in [0, 0.05) is 24.3 Å². The van der Waals surface area contributed by atoms with Crippen LogP contribution in [-0.2, 0) is 13.0 Å². The van der Waals surface area contributed by atoms with Crippen LogP contribution < -0.4 is 15.4 Å². The average Bonchev–Trinajstić information content (AvgIpc) is 2.79. The summed E-state index contributed by atoms with van der Waals surface area (Å²) >= 11 is 0. The van der Waals surface area contributed by atoms with Crippen molar-refractivity contribution in [3.05, 3.63) is 46.8 Å². The van der Waals surface area contributed by atoms with E-state index in [9.17, 15) is 4.79 Å². The number of aromatic nitrogens is 2. The van der Waals surface area contributed by atoms with Crippen LogP contribution in [0.5, 0.6) is 5.75 Å². The molecule has 2 aromatic rings. The first-order valence-corrected chi connectivity index (χ1v) is 7.78. The van der Waals surface area contributed by atoms with Crippen molar-refractivity contribution >= 4 is 11.6 Å². The van der Waals surface area contributed by atoms with Crippen LogP contribution >= 0.6 is 0 Å². The van der Waals surface area contributed by atoms with Crippen LogP contribution in [0.15, 0.2) is 24.3 Å². The number of benzene rings is 1. The molecular weight excluding hydrogens is 292 g/mol. The molecule has 0 atom stereocenters. The van der Waals surface area contributed by atoms with Crippen LogP contribution in [0.4, 0.5) is 5.69 Å². The molecule has 1 aliphatic heterocycles. The molecule has 0 bridgehead atoms. The molecule has 0 saturated heterocycles. The van der Waals surface area contributed by atoms with Gasteiger partial charge in [-0.1, -0.05) is 6.92 Å². The Morgan fingerprint density at radius 2 is 2.22 bits per heavy atom. The number of hydrogen-bond donors (Lipinski definition) is 2. The molecule has 0 spiro atoms. The summed E-state index contributed by atoms with van der Waals surface area (Å²) in [5.74, 6) is 0.700. The van der Waals surface area contributed by atoms with E-state index in [1.807, 2.05) is 32.0 Å². The van der Waals surface area contributed by atoms with Crippen molar-refractivity contribution in [3.8, 4) is 5.75 Å². The molecule has 0 fully saturated rings. The van der Waals surface area contributed by atoms with Gasteiger partial charge in [-0.05, 0) is 37.6 Å². The van der Waals surface area contributed by atoms with Crippen LogP contribution in [0.1, 0.15) is 34.2 Å². The van der Waals surface area contributed by atoms with Crippen LogP contribution in [0.25, 0.3) is 0 Å². The lowest BCUT2D eigenvalue weighted by atomic mass is 10.1. The van der Waals surface area contributed by atoms with Gasteiger partial charge in [-0.25, -0.2) is 0 Å². The molecule has 1 aromatic carbocycles. The lowest BCUT2D eigenvalue weighted by Crippen LogP contribution is -2.17. The molecule has 6 heteroatoms. The zero-order chi connectivity index (χ0) is 16.2. The Bertz CT molecular complexity index is 731. The summed E-state index contributed by atoms with van der Waals surface area (Å²) in [4.78, 5) is 12.6. The van der Waals surface area contributed by atoms with Crippen molar-refractivity contribution in [1.82, 2.24) is 15.5 Å². The smallest absolute Gasteiger partial charge is 0.257 e. The average molecular weight is 312 g/mol. The highest BCUT2D eigenvalue weighted by atomic mass is 16.5. The van der Waals surface area contributed by atoms with E-state index in [1.165, 1.54) is 0 Å². The highest BCUT2D eigenvalue weighted by Gasteiger charge is 2.15. The first kappa shape index (κ1) is 15.4. The molecule has 3 rings (SSSR count). The Kier molecular flexibility index (Phi) is 4.52. The fraction of sp³-hybridized carbons (Fsp3) is 0.353. The summed E-state index contributed by atoms with van der Waals surface area (Å²) in [5, 5.41) is 14.3. The minimum atomic E-state index is -0.165. The second-order valence-electron chi connectivity index (χ2n) is 5.50. The molecule has 0 aliphatic carbocycles. The lowest BCUT2D eigenvalue weighted by Gasteiger charge is -2.11. The van der Waals surface area contributed by atoms with E-state index >= 15 is 0 Å². The summed E-state index contributed by atoms with van der Waals surface area (Å²) in [6.07, 6.45) is 0.665. The number of carbonyl (C=O) groups excluding carboxylic acids is 1. The number of carbonyl (C=O) groups is 1. The zero-order valence-electron chi connectivity index (χ0n) is 13.3. The van der Waals surface area contributed by atoms with Crippen LogP contribution in [0.2, 0.25) is 0 Å². The number of fused-ring (bicyclic) bond motifs is 1. The maximum absolute atomic E-state index is 12.6. The highest BCUT2D eigenvalue weighted by molar-refractivity contribution is 6.05. The molecule has 0 radical (unpaired) electrons. The molecule has 1 aliphatic rings. The van der Waals surface area contributed by atoms with E-state index in [-0.39, 0.29) is 5.91 Å². The number of anilines is 1. The normalized spacial score (nSPS) is 13.7. The number of aryl methyl sites for hydroxylation is 2. The number of rotatable bonds is 3. The standard InChI is InChI=1S/C17H20N4O2/c1-3-15-14(8-11(2)20-21-15)17(22)19-13-4-5-16-12(9-13)10-18-6-7-23-16/h4-5,8-9,18H,3,6-7,10H2,1-2H3,(H,19,22). The van der Waals surface area contributed by atoms with Gasteiger partial charge in [-0.3, -0.25) is 4.79 Å². The number of amides is 1. The minimum absolute atomic E-state index is 0.165. The van der Waals surface area contributed by atoms with E-state index in [4.69, 9.17) is 4.74 Å². The third kappa shape index (κ3) is 3.48. The van der Waals surface area contributed by atoms with Gasteiger partial charge in [0.2, 0.25) is 0 Å². The van der Waals surface area contributed by atoms with Crippen molar-refractivity contribution in [1.29, 1.82) is 0 Å². The maximum atomic E-state index is 12.6. The molecule has 1 amide bonds.